The highest BCUT2D eigenvalue weighted by Crippen LogP contribution is 2.39. The van der Waals surface area contributed by atoms with Gasteiger partial charge in [-0.05, 0) is 56.9 Å². The molecule has 0 aliphatic heterocycles. The molecule has 0 amide bonds. The number of carbonyl (C=O) groups excluding carboxylic acids is 1. The number of benzene rings is 3. The lowest BCUT2D eigenvalue weighted by molar-refractivity contribution is 0.112. The van der Waals surface area contributed by atoms with Crippen LogP contribution in [0.25, 0.3) is 21.9 Å². The first-order valence-electron chi connectivity index (χ1n) is 6.55. The highest BCUT2D eigenvalue weighted by molar-refractivity contribution is 9.10. The second-order valence-corrected chi connectivity index (χ2v) is 6.13. The molecule has 0 aliphatic rings. The van der Waals surface area contributed by atoms with Crippen molar-refractivity contribution in [2.75, 3.05) is 0 Å². The van der Waals surface area contributed by atoms with Gasteiger partial charge in [-0.1, -0.05) is 48.0 Å². The van der Waals surface area contributed by atoms with Crippen molar-refractivity contribution in [1.29, 1.82) is 0 Å². The Morgan fingerprint density at radius 1 is 1.00 bits per heavy atom. The van der Waals surface area contributed by atoms with E-state index in [1.165, 1.54) is 0 Å². The predicted molar refractivity (Wildman–Crippen MR) is 92.2 cm³/mol. The molecule has 0 aliphatic carbocycles. The molecule has 0 spiro atoms. The van der Waals surface area contributed by atoms with Gasteiger partial charge in [-0.3, -0.25) is 4.79 Å². The smallest absolute Gasteiger partial charge is 0.151 e. The Bertz CT molecular complexity index is 838. The number of aldehydes is 1. The van der Waals surface area contributed by atoms with Crippen LogP contribution in [-0.4, -0.2) is 6.29 Å². The Balaban J connectivity index is 2.47. The quantitative estimate of drug-likeness (QED) is 0.509. The van der Waals surface area contributed by atoms with E-state index in [1.54, 1.807) is 0 Å². The number of rotatable bonds is 2. The number of hydrogen-bond donors (Lipinski definition) is 0. The summed E-state index contributed by atoms with van der Waals surface area (Å²) >= 11 is 9.58. The standard InChI is InChI=1S/C18H12BrClO/c1-11-16(10-21)17(12-6-8-13(20)9-7-12)14-4-2-3-5-15(14)18(11)19/h2-10H,1H3. The molecule has 0 unspecified atom stereocenters. The Morgan fingerprint density at radius 2 is 1.62 bits per heavy atom. The van der Waals surface area contributed by atoms with Gasteiger partial charge in [0.15, 0.2) is 6.29 Å². The summed E-state index contributed by atoms with van der Waals surface area (Å²) in [5.41, 5.74) is 3.61. The fourth-order valence-electron chi connectivity index (χ4n) is 2.62. The average Bonchev–Trinajstić information content (AvgIpc) is 2.52. The van der Waals surface area contributed by atoms with E-state index in [9.17, 15) is 4.79 Å². The van der Waals surface area contributed by atoms with E-state index in [4.69, 9.17) is 11.6 Å². The fraction of sp³-hybridized carbons (Fsp3) is 0.0556. The molecule has 3 aromatic rings. The molecule has 3 aromatic carbocycles. The summed E-state index contributed by atoms with van der Waals surface area (Å²) in [6, 6.07) is 15.7. The predicted octanol–water partition coefficient (Wildman–Crippen LogP) is 6.04. The van der Waals surface area contributed by atoms with Crippen LogP contribution in [0.1, 0.15) is 15.9 Å². The van der Waals surface area contributed by atoms with Gasteiger partial charge in [-0.25, -0.2) is 0 Å². The summed E-state index contributed by atoms with van der Waals surface area (Å²) in [6.45, 7) is 1.96. The van der Waals surface area contributed by atoms with E-state index in [0.29, 0.717) is 10.6 Å². The van der Waals surface area contributed by atoms with Gasteiger partial charge in [0.05, 0.1) is 0 Å². The van der Waals surface area contributed by atoms with Crippen molar-refractivity contribution in [3.05, 3.63) is 69.2 Å². The molecule has 0 fully saturated rings. The number of carbonyl (C=O) groups is 1. The molecule has 0 saturated carbocycles. The monoisotopic (exact) mass is 358 g/mol. The van der Waals surface area contributed by atoms with Crippen molar-refractivity contribution >= 4 is 44.6 Å². The average molecular weight is 360 g/mol. The van der Waals surface area contributed by atoms with Crippen LogP contribution in [-0.2, 0) is 0 Å². The molecular formula is C18H12BrClO. The van der Waals surface area contributed by atoms with Crippen molar-refractivity contribution in [2.24, 2.45) is 0 Å². The zero-order valence-corrected chi connectivity index (χ0v) is 13.7. The Kier molecular flexibility index (Phi) is 3.83. The molecule has 3 heteroatoms. The van der Waals surface area contributed by atoms with Crippen LogP contribution in [0.4, 0.5) is 0 Å². The second kappa shape index (κ2) is 5.63. The van der Waals surface area contributed by atoms with Crippen molar-refractivity contribution in [1.82, 2.24) is 0 Å². The molecule has 21 heavy (non-hydrogen) atoms. The highest BCUT2D eigenvalue weighted by Gasteiger charge is 2.16. The van der Waals surface area contributed by atoms with E-state index in [-0.39, 0.29) is 0 Å². The summed E-state index contributed by atoms with van der Waals surface area (Å²) in [4.78, 5) is 11.6. The minimum atomic E-state index is 0.685. The van der Waals surface area contributed by atoms with Gasteiger partial charge in [-0.15, -0.1) is 0 Å². The summed E-state index contributed by atoms with van der Waals surface area (Å²) in [5.74, 6) is 0. The van der Waals surface area contributed by atoms with Crippen LogP contribution < -0.4 is 0 Å². The van der Waals surface area contributed by atoms with Crippen LogP contribution in [0, 0.1) is 6.92 Å². The number of halogens is 2. The van der Waals surface area contributed by atoms with Gasteiger partial charge in [0.2, 0.25) is 0 Å². The van der Waals surface area contributed by atoms with E-state index in [0.717, 1.165) is 38.2 Å². The van der Waals surface area contributed by atoms with E-state index >= 15 is 0 Å². The third-order valence-corrected chi connectivity index (χ3v) is 4.96. The summed E-state index contributed by atoms with van der Waals surface area (Å²) in [5, 5.41) is 2.84. The second-order valence-electron chi connectivity index (χ2n) is 4.90. The molecule has 0 bridgehead atoms. The van der Waals surface area contributed by atoms with Crippen molar-refractivity contribution < 1.29 is 4.79 Å². The molecule has 3 rings (SSSR count). The van der Waals surface area contributed by atoms with Crippen LogP contribution in [0.5, 0.6) is 0 Å². The SMILES string of the molecule is Cc1c(C=O)c(-c2ccc(Cl)cc2)c2ccccc2c1Br. The van der Waals surface area contributed by atoms with Crippen LogP contribution in [0.2, 0.25) is 5.02 Å². The molecular weight excluding hydrogens is 348 g/mol. The first kappa shape index (κ1) is 14.3. The van der Waals surface area contributed by atoms with E-state index < -0.39 is 0 Å². The summed E-state index contributed by atoms with van der Waals surface area (Å²) in [6.07, 6.45) is 0.927. The lowest BCUT2D eigenvalue weighted by Gasteiger charge is -2.15. The molecule has 0 N–H and O–H groups in total. The minimum Gasteiger partial charge on any atom is -0.298 e. The maximum atomic E-state index is 11.6. The van der Waals surface area contributed by atoms with E-state index in [1.807, 2.05) is 49.4 Å². The van der Waals surface area contributed by atoms with Crippen LogP contribution in [0.3, 0.4) is 0 Å². The Hall–Kier alpha value is -1.64. The topological polar surface area (TPSA) is 17.1 Å². The maximum absolute atomic E-state index is 11.6. The lowest BCUT2D eigenvalue weighted by Crippen LogP contribution is -1.96. The molecule has 0 atom stereocenters. The van der Waals surface area contributed by atoms with Crippen molar-refractivity contribution in [3.8, 4) is 11.1 Å². The highest BCUT2D eigenvalue weighted by atomic mass is 79.9. The Labute approximate surface area is 136 Å². The third kappa shape index (κ3) is 2.39. The zero-order chi connectivity index (χ0) is 15.0. The molecule has 0 radical (unpaired) electrons. The molecule has 0 saturated heterocycles. The van der Waals surface area contributed by atoms with Gasteiger partial charge < -0.3 is 0 Å². The number of fused-ring (bicyclic) bond motifs is 1. The van der Waals surface area contributed by atoms with Gasteiger partial charge in [0.25, 0.3) is 0 Å². The van der Waals surface area contributed by atoms with Crippen LogP contribution >= 0.6 is 27.5 Å². The molecule has 0 aromatic heterocycles. The fourth-order valence-corrected chi connectivity index (χ4v) is 3.31. The van der Waals surface area contributed by atoms with E-state index in [2.05, 4.69) is 22.0 Å². The number of hydrogen-bond acceptors (Lipinski definition) is 1. The lowest BCUT2D eigenvalue weighted by atomic mass is 9.91. The van der Waals surface area contributed by atoms with Gasteiger partial charge >= 0.3 is 0 Å². The Morgan fingerprint density at radius 3 is 2.24 bits per heavy atom. The minimum absolute atomic E-state index is 0.685. The van der Waals surface area contributed by atoms with Crippen molar-refractivity contribution in [3.63, 3.8) is 0 Å². The zero-order valence-electron chi connectivity index (χ0n) is 11.4. The summed E-state index contributed by atoms with van der Waals surface area (Å²) < 4.78 is 0.970. The first-order valence-corrected chi connectivity index (χ1v) is 7.72. The first-order chi connectivity index (χ1) is 10.1. The summed E-state index contributed by atoms with van der Waals surface area (Å²) in [7, 11) is 0. The van der Waals surface area contributed by atoms with Gasteiger partial charge in [0, 0.05) is 20.6 Å². The third-order valence-electron chi connectivity index (χ3n) is 3.69. The molecule has 104 valence electrons. The normalized spacial score (nSPS) is 10.8. The van der Waals surface area contributed by atoms with Crippen molar-refractivity contribution in [2.45, 2.75) is 6.92 Å². The molecule has 0 heterocycles. The van der Waals surface area contributed by atoms with Crippen LogP contribution in [0.15, 0.2) is 53.0 Å². The largest absolute Gasteiger partial charge is 0.298 e. The molecule has 1 nitrogen and oxygen atoms in total. The van der Waals surface area contributed by atoms with Gasteiger partial charge in [-0.2, -0.15) is 0 Å². The maximum Gasteiger partial charge on any atom is 0.151 e. The van der Waals surface area contributed by atoms with Gasteiger partial charge in [0.1, 0.15) is 0 Å².